The molecule has 0 unspecified atom stereocenters. The smallest absolute Gasteiger partial charge is 0.455 e. The maximum atomic E-state index is 13.3. The van der Waals surface area contributed by atoms with Crippen molar-refractivity contribution < 1.29 is 29.1 Å². The number of hydrogen-bond donors (Lipinski definition) is 2. The van der Waals surface area contributed by atoms with Crippen LogP contribution in [0.25, 0.3) is 6.08 Å². The number of allylic oxidation sites excluding steroid dienone is 2. The van der Waals surface area contributed by atoms with E-state index in [0.717, 1.165) is 46.0 Å². The second-order valence-electron chi connectivity index (χ2n) is 10.5. The number of benzene rings is 1. The molecule has 2 aliphatic heterocycles. The van der Waals surface area contributed by atoms with E-state index in [2.05, 4.69) is 42.5 Å². The third kappa shape index (κ3) is 5.64. The van der Waals surface area contributed by atoms with Crippen molar-refractivity contribution in [2.45, 2.75) is 71.7 Å². The maximum absolute atomic E-state index is 13.3. The lowest BCUT2D eigenvalue weighted by atomic mass is 9.58. The molecule has 1 aromatic rings. The van der Waals surface area contributed by atoms with Gasteiger partial charge in [0.25, 0.3) is 0 Å². The van der Waals surface area contributed by atoms with Gasteiger partial charge >= 0.3 is 7.12 Å². The van der Waals surface area contributed by atoms with Gasteiger partial charge in [0.2, 0.25) is 11.8 Å². The van der Waals surface area contributed by atoms with Gasteiger partial charge in [0.1, 0.15) is 0 Å². The molecule has 0 saturated carbocycles. The number of fused-ring (bicyclic) bond motifs is 3. The molecule has 0 radical (unpaired) electrons. The van der Waals surface area contributed by atoms with Crippen LogP contribution in [0.15, 0.2) is 28.9 Å². The van der Waals surface area contributed by atoms with Crippen molar-refractivity contribution in [2.24, 2.45) is 17.8 Å². The fraction of sp³-hybridized carbons (Fsp3) is 0.571. The minimum atomic E-state index is -0.949. The Hall–Kier alpha value is -1.85. The second kappa shape index (κ2) is 11.9. The normalized spacial score (nSPS) is 26.1. The zero-order valence-corrected chi connectivity index (χ0v) is 24.3. The number of nitrogens with zero attached hydrogens (tertiary/aromatic N) is 1. The summed E-state index contributed by atoms with van der Waals surface area (Å²) in [5.74, 6) is -0.420. The van der Waals surface area contributed by atoms with E-state index < -0.39 is 13.0 Å². The van der Waals surface area contributed by atoms with Crippen LogP contribution in [-0.4, -0.2) is 53.7 Å². The molecule has 3 aliphatic rings. The molecule has 2 amide bonds. The molecule has 9 heteroatoms. The highest BCUT2D eigenvalue weighted by molar-refractivity contribution is 14.1. The molecule has 37 heavy (non-hydrogen) atoms. The Morgan fingerprint density at radius 3 is 2.65 bits per heavy atom. The summed E-state index contributed by atoms with van der Waals surface area (Å²) in [6.07, 6.45) is 6.91. The van der Waals surface area contributed by atoms with E-state index in [1.165, 1.54) is 10.5 Å². The van der Waals surface area contributed by atoms with Crippen molar-refractivity contribution in [3.05, 3.63) is 38.0 Å². The zero-order valence-electron chi connectivity index (χ0n) is 22.1. The Balaban J connectivity index is 1.58. The van der Waals surface area contributed by atoms with E-state index in [9.17, 15) is 19.7 Å². The number of phenolic OH excluding ortho intramolecular Hbond substituents is 1. The first kappa shape index (κ1) is 28.2. The Bertz CT molecular complexity index is 1120. The van der Waals surface area contributed by atoms with Gasteiger partial charge in [-0.3, -0.25) is 14.5 Å². The van der Waals surface area contributed by atoms with Crippen LogP contribution in [0.1, 0.15) is 64.9 Å². The Morgan fingerprint density at radius 2 is 1.97 bits per heavy atom. The SMILES string of the molecule is CCC/C(=C\c1cc(I)c(O)c(OC)c1)CC[C@H]1OB(O)C[C@H]2C1=C(C)C[C@H]1C(=O)N(CCC)C(=O)[C@H]12. The summed E-state index contributed by atoms with van der Waals surface area (Å²) in [6.45, 7) is 6.63. The van der Waals surface area contributed by atoms with Crippen LogP contribution in [0.5, 0.6) is 11.5 Å². The van der Waals surface area contributed by atoms with Crippen molar-refractivity contribution in [2.75, 3.05) is 13.7 Å². The number of aromatic hydroxyl groups is 1. The van der Waals surface area contributed by atoms with Gasteiger partial charge in [-0.15, -0.1) is 0 Å². The van der Waals surface area contributed by atoms with Crippen LogP contribution >= 0.6 is 22.6 Å². The topological polar surface area (TPSA) is 96.3 Å². The molecule has 4 rings (SSSR count). The first-order valence-corrected chi connectivity index (χ1v) is 14.4. The van der Waals surface area contributed by atoms with Crippen molar-refractivity contribution >= 4 is 47.6 Å². The third-order valence-corrected chi connectivity index (χ3v) is 8.75. The molecule has 0 aromatic heterocycles. The highest BCUT2D eigenvalue weighted by Gasteiger charge is 2.56. The number of likely N-dealkylation sites (tertiary alicyclic amines) is 1. The summed E-state index contributed by atoms with van der Waals surface area (Å²) in [7, 11) is 0.595. The molecule has 4 atom stereocenters. The maximum Gasteiger partial charge on any atom is 0.455 e. The number of halogens is 1. The minimum absolute atomic E-state index is 0.0556. The highest BCUT2D eigenvalue weighted by Crippen LogP contribution is 2.50. The first-order valence-electron chi connectivity index (χ1n) is 13.3. The number of imide groups is 1. The molecule has 1 aromatic carbocycles. The summed E-state index contributed by atoms with van der Waals surface area (Å²) in [6, 6.07) is 3.77. The van der Waals surface area contributed by atoms with Gasteiger partial charge in [0.05, 0.1) is 28.6 Å². The Labute approximate surface area is 233 Å². The van der Waals surface area contributed by atoms with Gasteiger partial charge in [0.15, 0.2) is 11.5 Å². The Morgan fingerprint density at radius 1 is 1.22 bits per heavy atom. The van der Waals surface area contributed by atoms with E-state index in [-0.39, 0.29) is 35.5 Å². The summed E-state index contributed by atoms with van der Waals surface area (Å²) >= 11 is 2.10. The van der Waals surface area contributed by atoms with Crippen LogP contribution in [-0.2, 0) is 14.2 Å². The number of rotatable bonds is 9. The number of amides is 2. The van der Waals surface area contributed by atoms with Crippen molar-refractivity contribution in [1.82, 2.24) is 4.90 Å². The van der Waals surface area contributed by atoms with Gasteiger partial charge < -0.3 is 19.5 Å². The monoisotopic (exact) mass is 621 g/mol. The van der Waals surface area contributed by atoms with Crippen LogP contribution in [0.4, 0.5) is 0 Å². The van der Waals surface area contributed by atoms with Crippen LogP contribution < -0.4 is 4.74 Å². The van der Waals surface area contributed by atoms with Gasteiger partial charge in [-0.25, -0.2) is 0 Å². The van der Waals surface area contributed by atoms with E-state index >= 15 is 0 Å². The van der Waals surface area contributed by atoms with Gasteiger partial charge in [-0.1, -0.05) is 37.5 Å². The number of hydrogen-bond acceptors (Lipinski definition) is 6. The van der Waals surface area contributed by atoms with E-state index in [1.807, 2.05) is 19.1 Å². The lowest BCUT2D eigenvalue weighted by Crippen LogP contribution is -2.46. The predicted molar refractivity (Wildman–Crippen MR) is 152 cm³/mol. The second-order valence-corrected chi connectivity index (χ2v) is 11.6. The molecule has 2 saturated heterocycles. The molecule has 1 aliphatic carbocycles. The van der Waals surface area contributed by atoms with Gasteiger partial charge in [-0.2, -0.15) is 0 Å². The fourth-order valence-corrected chi connectivity index (χ4v) is 7.03. The number of ether oxygens (including phenoxy) is 1. The lowest BCUT2D eigenvalue weighted by molar-refractivity contribution is -0.140. The average molecular weight is 621 g/mol. The van der Waals surface area contributed by atoms with Gasteiger partial charge in [0, 0.05) is 6.54 Å². The van der Waals surface area contributed by atoms with Crippen LogP contribution in [0.3, 0.4) is 0 Å². The standard InChI is InChI=1S/C28H37BINO6/c1-5-7-17(12-18-13-21(30)26(32)23(14-18)36-4)8-9-22-24-16(3)11-19-25(20(24)15-29(35)37-22)28(34)31(10-6-2)27(19)33/h12-14,19-20,22,25,32,35H,5-11,15H2,1-4H3/b17-12+/t19-,20+,22-,25-/m1/s1. The highest BCUT2D eigenvalue weighted by atomic mass is 127. The molecule has 7 nitrogen and oxygen atoms in total. The van der Waals surface area contributed by atoms with Crippen LogP contribution in [0.2, 0.25) is 6.32 Å². The molecule has 2 N–H and O–H groups in total. The largest absolute Gasteiger partial charge is 0.504 e. The van der Waals surface area contributed by atoms with Crippen molar-refractivity contribution in [3.63, 3.8) is 0 Å². The van der Waals surface area contributed by atoms with Crippen LogP contribution in [0, 0.1) is 21.3 Å². The zero-order chi connectivity index (χ0) is 26.9. The molecular weight excluding hydrogens is 584 g/mol. The summed E-state index contributed by atoms with van der Waals surface area (Å²) < 4.78 is 12.1. The summed E-state index contributed by atoms with van der Waals surface area (Å²) in [5, 5.41) is 20.8. The molecule has 0 bridgehead atoms. The van der Waals surface area contributed by atoms with E-state index in [4.69, 9.17) is 9.39 Å². The quantitative estimate of drug-likeness (QED) is 0.171. The third-order valence-electron chi connectivity index (χ3n) is 7.93. The summed E-state index contributed by atoms with van der Waals surface area (Å²) in [5.41, 5.74) is 4.45. The van der Waals surface area contributed by atoms with Gasteiger partial charge in [-0.05, 0) is 97.1 Å². The van der Waals surface area contributed by atoms with Crippen molar-refractivity contribution in [3.8, 4) is 11.5 Å². The molecule has 0 spiro atoms. The minimum Gasteiger partial charge on any atom is -0.504 e. The van der Waals surface area contributed by atoms with E-state index in [1.54, 1.807) is 7.11 Å². The molecular formula is C28H37BINO6. The van der Waals surface area contributed by atoms with Crippen molar-refractivity contribution in [1.29, 1.82) is 0 Å². The fourth-order valence-electron chi connectivity index (χ4n) is 6.40. The Kier molecular flexibility index (Phi) is 9.06. The number of carbonyl (C=O) groups excluding carboxylic acids is 2. The number of methoxy groups -OCH3 is 1. The lowest BCUT2D eigenvalue weighted by Gasteiger charge is -2.42. The molecule has 2 fully saturated rings. The first-order chi connectivity index (χ1) is 17.7. The van der Waals surface area contributed by atoms with E-state index in [0.29, 0.717) is 31.5 Å². The average Bonchev–Trinajstić information content (AvgIpc) is 3.09. The summed E-state index contributed by atoms with van der Waals surface area (Å²) in [4.78, 5) is 27.8. The molecule has 2 heterocycles. The number of carbonyl (C=O) groups is 2. The number of phenols is 1. The molecule has 200 valence electrons. The predicted octanol–water partition coefficient (Wildman–Crippen LogP) is 5.20.